The van der Waals surface area contributed by atoms with Crippen molar-refractivity contribution in [3.05, 3.63) is 29.3 Å². The standard InChI is InChI=1S/C15H23N3/c1-10-6-7-13(15(16)17)14(9-10)18-8-4-5-11(2)12(18)3/h6-7,9,11-12H,4-5,8H2,1-3H3,(H3,16,17). The topological polar surface area (TPSA) is 53.1 Å². The van der Waals surface area contributed by atoms with Gasteiger partial charge in [0.25, 0.3) is 0 Å². The Balaban J connectivity index is 2.42. The van der Waals surface area contributed by atoms with Gasteiger partial charge in [-0.3, -0.25) is 5.41 Å². The van der Waals surface area contributed by atoms with Gasteiger partial charge in [-0.25, -0.2) is 0 Å². The maximum Gasteiger partial charge on any atom is 0.124 e. The number of hydrogen-bond donors (Lipinski definition) is 2. The summed E-state index contributed by atoms with van der Waals surface area (Å²) >= 11 is 0. The van der Waals surface area contributed by atoms with E-state index in [1.807, 2.05) is 12.1 Å². The molecule has 3 heteroatoms. The molecule has 98 valence electrons. The quantitative estimate of drug-likeness (QED) is 0.622. The highest BCUT2D eigenvalue weighted by Crippen LogP contribution is 2.31. The predicted octanol–water partition coefficient (Wildman–Crippen LogP) is 2.90. The molecule has 0 saturated carbocycles. The largest absolute Gasteiger partial charge is 0.384 e. The smallest absolute Gasteiger partial charge is 0.124 e. The Morgan fingerprint density at radius 3 is 2.78 bits per heavy atom. The first kappa shape index (κ1) is 12.9. The minimum absolute atomic E-state index is 0.162. The second kappa shape index (κ2) is 5.01. The molecule has 3 N–H and O–H groups in total. The number of anilines is 1. The first-order chi connectivity index (χ1) is 8.50. The highest BCUT2D eigenvalue weighted by molar-refractivity contribution is 6.00. The Morgan fingerprint density at radius 1 is 1.39 bits per heavy atom. The van der Waals surface area contributed by atoms with Crippen molar-refractivity contribution in [1.82, 2.24) is 0 Å². The van der Waals surface area contributed by atoms with Crippen LogP contribution in [0.25, 0.3) is 0 Å². The summed E-state index contributed by atoms with van der Waals surface area (Å²) in [6.07, 6.45) is 2.51. The molecular formula is C15H23N3. The molecule has 1 fully saturated rings. The highest BCUT2D eigenvalue weighted by atomic mass is 15.2. The minimum atomic E-state index is 0.162. The summed E-state index contributed by atoms with van der Waals surface area (Å²) in [7, 11) is 0. The van der Waals surface area contributed by atoms with Crippen molar-refractivity contribution in [3.63, 3.8) is 0 Å². The number of hydrogen-bond acceptors (Lipinski definition) is 2. The van der Waals surface area contributed by atoms with E-state index < -0.39 is 0 Å². The van der Waals surface area contributed by atoms with Crippen LogP contribution in [0.4, 0.5) is 5.69 Å². The van der Waals surface area contributed by atoms with Crippen LogP contribution in [-0.2, 0) is 0 Å². The van der Waals surface area contributed by atoms with Crippen LogP contribution in [-0.4, -0.2) is 18.4 Å². The molecule has 0 spiro atoms. The van der Waals surface area contributed by atoms with Gasteiger partial charge in [-0.15, -0.1) is 0 Å². The normalized spacial score (nSPS) is 24.1. The van der Waals surface area contributed by atoms with Gasteiger partial charge in [0, 0.05) is 23.8 Å². The molecule has 2 rings (SSSR count). The zero-order chi connectivity index (χ0) is 13.3. The minimum Gasteiger partial charge on any atom is -0.384 e. The number of nitrogen functional groups attached to an aromatic ring is 1. The van der Waals surface area contributed by atoms with Crippen molar-refractivity contribution in [2.75, 3.05) is 11.4 Å². The lowest BCUT2D eigenvalue weighted by molar-refractivity contribution is 0.363. The van der Waals surface area contributed by atoms with Crippen LogP contribution in [0, 0.1) is 18.3 Å². The van der Waals surface area contributed by atoms with Crippen LogP contribution < -0.4 is 10.6 Å². The second-order valence-corrected chi connectivity index (χ2v) is 5.49. The van der Waals surface area contributed by atoms with Crippen LogP contribution >= 0.6 is 0 Å². The molecular weight excluding hydrogens is 222 g/mol. The fourth-order valence-electron chi connectivity index (χ4n) is 2.78. The number of nitrogens with two attached hydrogens (primary N) is 1. The number of nitrogens with zero attached hydrogens (tertiary/aromatic N) is 1. The van der Waals surface area contributed by atoms with Crippen molar-refractivity contribution in [2.24, 2.45) is 11.7 Å². The molecule has 0 aliphatic carbocycles. The van der Waals surface area contributed by atoms with Crippen molar-refractivity contribution in [3.8, 4) is 0 Å². The fraction of sp³-hybridized carbons (Fsp3) is 0.533. The van der Waals surface area contributed by atoms with Gasteiger partial charge < -0.3 is 10.6 Å². The van der Waals surface area contributed by atoms with Crippen molar-refractivity contribution in [1.29, 1.82) is 5.41 Å². The van der Waals surface area contributed by atoms with Crippen LogP contribution in [0.15, 0.2) is 18.2 Å². The van der Waals surface area contributed by atoms with E-state index in [2.05, 4.69) is 31.7 Å². The second-order valence-electron chi connectivity index (χ2n) is 5.49. The van der Waals surface area contributed by atoms with Gasteiger partial charge in [0.05, 0.1) is 0 Å². The van der Waals surface area contributed by atoms with E-state index in [9.17, 15) is 0 Å². The van der Waals surface area contributed by atoms with E-state index >= 15 is 0 Å². The van der Waals surface area contributed by atoms with E-state index in [0.717, 1.165) is 17.8 Å². The molecule has 2 atom stereocenters. The third-order valence-corrected chi connectivity index (χ3v) is 4.13. The molecule has 3 nitrogen and oxygen atoms in total. The molecule has 0 bridgehead atoms. The SMILES string of the molecule is Cc1ccc(C(=N)N)c(N2CCCC(C)C2C)c1. The molecule has 0 aromatic heterocycles. The number of piperidine rings is 1. The molecule has 0 amide bonds. The van der Waals surface area contributed by atoms with Crippen LogP contribution in [0.5, 0.6) is 0 Å². The van der Waals surface area contributed by atoms with E-state index in [4.69, 9.17) is 11.1 Å². The van der Waals surface area contributed by atoms with Gasteiger partial charge in [-0.05, 0) is 50.3 Å². The number of amidine groups is 1. The number of nitrogens with one attached hydrogen (secondary N) is 1. The summed E-state index contributed by atoms with van der Waals surface area (Å²) < 4.78 is 0. The monoisotopic (exact) mass is 245 g/mol. The summed E-state index contributed by atoms with van der Waals surface area (Å²) in [4.78, 5) is 2.41. The Labute approximate surface area is 109 Å². The molecule has 2 unspecified atom stereocenters. The first-order valence-electron chi connectivity index (χ1n) is 6.72. The third kappa shape index (κ3) is 2.35. The average Bonchev–Trinajstić information content (AvgIpc) is 2.32. The lowest BCUT2D eigenvalue weighted by Gasteiger charge is -2.40. The molecule has 1 aliphatic heterocycles. The maximum atomic E-state index is 7.73. The molecule has 1 saturated heterocycles. The van der Waals surface area contributed by atoms with Gasteiger partial charge in [0.2, 0.25) is 0 Å². The average molecular weight is 245 g/mol. The van der Waals surface area contributed by atoms with E-state index in [0.29, 0.717) is 12.0 Å². The summed E-state index contributed by atoms with van der Waals surface area (Å²) in [5.74, 6) is 0.856. The first-order valence-corrected chi connectivity index (χ1v) is 6.72. The highest BCUT2D eigenvalue weighted by Gasteiger charge is 2.26. The maximum absolute atomic E-state index is 7.73. The number of benzene rings is 1. The van der Waals surface area contributed by atoms with Gasteiger partial charge >= 0.3 is 0 Å². The van der Waals surface area contributed by atoms with Crippen LogP contribution in [0.1, 0.15) is 37.8 Å². The zero-order valence-electron chi connectivity index (χ0n) is 11.5. The van der Waals surface area contributed by atoms with Crippen molar-refractivity contribution >= 4 is 11.5 Å². The summed E-state index contributed by atoms with van der Waals surface area (Å²) in [5, 5.41) is 7.73. The Bertz CT molecular complexity index is 453. The van der Waals surface area contributed by atoms with E-state index in [1.54, 1.807) is 0 Å². The Kier molecular flexibility index (Phi) is 3.60. The number of aryl methyl sites for hydroxylation is 1. The van der Waals surface area contributed by atoms with Crippen LogP contribution in [0.2, 0.25) is 0 Å². The summed E-state index contributed by atoms with van der Waals surface area (Å²) in [5.41, 5.74) is 8.92. The van der Waals surface area contributed by atoms with Gasteiger partial charge in [0.15, 0.2) is 0 Å². The summed E-state index contributed by atoms with van der Waals surface area (Å²) in [6, 6.07) is 6.67. The zero-order valence-corrected chi connectivity index (χ0v) is 11.5. The van der Waals surface area contributed by atoms with Crippen LogP contribution in [0.3, 0.4) is 0 Å². The molecule has 1 aromatic carbocycles. The third-order valence-electron chi connectivity index (χ3n) is 4.13. The van der Waals surface area contributed by atoms with E-state index in [1.165, 1.54) is 18.4 Å². The van der Waals surface area contributed by atoms with Gasteiger partial charge in [-0.2, -0.15) is 0 Å². The Morgan fingerprint density at radius 2 is 2.11 bits per heavy atom. The van der Waals surface area contributed by atoms with Crippen molar-refractivity contribution in [2.45, 2.75) is 39.7 Å². The fourth-order valence-corrected chi connectivity index (χ4v) is 2.78. The summed E-state index contributed by atoms with van der Waals surface area (Å²) in [6.45, 7) is 7.73. The lowest BCUT2D eigenvalue weighted by atomic mass is 9.90. The Hall–Kier alpha value is -1.51. The molecule has 1 heterocycles. The number of rotatable bonds is 2. The van der Waals surface area contributed by atoms with Gasteiger partial charge in [0.1, 0.15) is 5.84 Å². The molecule has 0 radical (unpaired) electrons. The predicted molar refractivity (Wildman–Crippen MR) is 77.4 cm³/mol. The molecule has 1 aliphatic rings. The molecule has 18 heavy (non-hydrogen) atoms. The molecule has 1 aromatic rings. The van der Waals surface area contributed by atoms with Gasteiger partial charge in [-0.1, -0.05) is 13.0 Å². The lowest BCUT2D eigenvalue weighted by Crippen LogP contribution is -2.43. The van der Waals surface area contributed by atoms with Crippen molar-refractivity contribution < 1.29 is 0 Å². The van der Waals surface area contributed by atoms with E-state index in [-0.39, 0.29) is 5.84 Å².